The number of nitrogens with zero attached hydrogens (tertiary/aromatic N) is 1. The minimum absolute atomic E-state index is 0.283. The molecular formula is C31H40NO4+. The van der Waals surface area contributed by atoms with Gasteiger partial charge < -0.3 is 18.9 Å². The number of rotatable bonds is 7. The Balaban J connectivity index is 0.000000726. The van der Waals surface area contributed by atoms with Gasteiger partial charge in [-0.2, -0.15) is 4.57 Å². The smallest absolute Gasteiger partial charge is 0.231 e. The second-order valence-electron chi connectivity index (χ2n) is 8.74. The zero-order valence-electron chi connectivity index (χ0n) is 22.5. The molecule has 6 rings (SSSR count). The summed E-state index contributed by atoms with van der Waals surface area (Å²) in [7, 11) is 0. The molecule has 0 N–H and O–H groups in total. The van der Waals surface area contributed by atoms with Crippen LogP contribution in [0.3, 0.4) is 0 Å². The molecule has 2 aliphatic heterocycles. The maximum atomic E-state index is 5.86. The van der Waals surface area contributed by atoms with Crippen LogP contribution in [-0.2, 0) is 6.54 Å². The molecule has 36 heavy (non-hydrogen) atoms. The van der Waals surface area contributed by atoms with E-state index in [1.807, 2.05) is 33.8 Å². The molecule has 0 unspecified atom stereocenters. The summed E-state index contributed by atoms with van der Waals surface area (Å²) in [4.78, 5) is 0. The zero-order chi connectivity index (χ0) is 25.5. The van der Waals surface area contributed by atoms with Crippen molar-refractivity contribution < 1.29 is 23.5 Å². The first-order chi connectivity index (χ1) is 17.8. The lowest BCUT2D eigenvalue weighted by atomic mass is 9.99. The maximum absolute atomic E-state index is 5.86. The van der Waals surface area contributed by atoms with Crippen molar-refractivity contribution in [2.45, 2.75) is 79.7 Å². The van der Waals surface area contributed by atoms with E-state index in [4.69, 9.17) is 18.9 Å². The summed E-state index contributed by atoms with van der Waals surface area (Å²) in [6, 6.07) is 12.8. The van der Waals surface area contributed by atoms with Crippen LogP contribution in [0.4, 0.5) is 0 Å². The van der Waals surface area contributed by atoms with Crippen LogP contribution >= 0.6 is 0 Å². The molecule has 192 valence electrons. The molecule has 0 amide bonds. The van der Waals surface area contributed by atoms with E-state index in [2.05, 4.69) is 48.0 Å². The van der Waals surface area contributed by atoms with Gasteiger partial charge in [-0.1, -0.05) is 66.4 Å². The lowest BCUT2D eigenvalue weighted by Gasteiger charge is -2.10. The third kappa shape index (κ3) is 4.88. The highest BCUT2D eigenvalue weighted by atomic mass is 16.7. The fourth-order valence-corrected chi connectivity index (χ4v) is 5.04. The molecule has 0 fully saturated rings. The van der Waals surface area contributed by atoms with E-state index in [1.165, 1.54) is 59.2 Å². The lowest BCUT2D eigenvalue weighted by Crippen LogP contribution is -2.34. The number of benzene rings is 3. The monoisotopic (exact) mass is 490 g/mol. The average Bonchev–Trinajstić information content (AvgIpc) is 3.60. The van der Waals surface area contributed by atoms with Crippen molar-refractivity contribution in [3.8, 4) is 23.0 Å². The zero-order valence-corrected chi connectivity index (χ0v) is 22.5. The molecule has 0 bridgehead atoms. The molecule has 4 aromatic rings. The van der Waals surface area contributed by atoms with E-state index >= 15 is 0 Å². The Morgan fingerprint density at radius 3 is 2.11 bits per heavy atom. The van der Waals surface area contributed by atoms with Crippen LogP contribution in [0.5, 0.6) is 23.0 Å². The Morgan fingerprint density at radius 2 is 1.31 bits per heavy atom. The number of ether oxygens (including phenoxy) is 4. The predicted octanol–water partition coefficient (Wildman–Crippen LogP) is 8.30. The molecule has 2 aliphatic rings. The van der Waals surface area contributed by atoms with E-state index < -0.39 is 0 Å². The quantitative estimate of drug-likeness (QED) is 0.148. The van der Waals surface area contributed by atoms with Crippen molar-refractivity contribution in [2.24, 2.45) is 0 Å². The van der Waals surface area contributed by atoms with Crippen LogP contribution in [0.2, 0.25) is 0 Å². The number of fused-ring (bicyclic) bond motifs is 8. The molecule has 0 radical (unpaired) electrons. The van der Waals surface area contributed by atoms with Crippen molar-refractivity contribution in [1.82, 2.24) is 0 Å². The number of unbranched alkanes of at least 4 members (excludes halogenated alkanes) is 5. The summed E-state index contributed by atoms with van der Waals surface area (Å²) < 4.78 is 25.3. The molecule has 0 spiro atoms. The fraction of sp³-hybridized carbons (Fsp3) is 0.452. The second kappa shape index (κ2) is 12.2. The molecule has 0 atom stereocenters. The van der Waals surface area contributed by atoms with Gasteiger partial charge in [-0.05, 0) is 42.1 Å². The summed E-state index contributed by atoms with van der Waals surface area (Å²) in [6.45, 7) is 11.8. The first-order valence-electron chi connectivity index (χ1n) is 13.7. The average molecular weight is 491 g/mol. The molecule has 3 heterocycles. The van der Waals surface area contributed by atoms with Gasteiger partial charge in [0.25, 0.3) is 0 Å². The van der Waals surface area contributed by atoms with Gasteiger partial charge in [0.05, 0.1) is 16.2 Å². The highest BCUT2D eigenvalue weighted by Crippen LogP contribution is 2.43. The topological polar surface area (TPSA) is 40.8 Å². The standard InChI is InChI=1S/C27H28NO4.2C2H6/c1-2-3-4-5-6-7-12-28-15-22-19(10-11-23-27(22)32-17-29-23)20-9-8-18-13-24-25(31-16-30-24)14-21(18)26(20)28;2*1-2/h8-11,13-15H,2-7,12,16-17H2,1H3;2*1-2H3/q+1;;. The van der Waals surface area contributed by atoms with E-state index in [0.717, 1.165) is 41.3 Å². The maximum Gasteiger partial charge on any atom is 0.231 e. The summed E-state index contributed by atoms with van der Waals surface area (Å²) in [6.07, 6.45) is 9.88. The number of hydrogen-bond acceptors (Lipinski definition) is 4. The lowest BCUT2D eigenvalue weighted by molar-refractivity contribution is -0.669. The minimum atomic E-state index is 0.283. The minimum Gasteiger partial charge on any atom is -0.454 e. The van der Waals surface area contributed by atoms with Crippen LogP contribution < -0.4 is 23.5 Å². The van der Waals surface area contributed by atoms with Crippen molar-refractivity contribution in [2.75, 3.05) is 13.6 Å². The fourth-order valence-electron chi connectivity index (χ4n) is 5.04. The van der Waals surface area contributed by atoms with Gasteiger partial charge in [0, 0.05) is 11.8 Å². The number of aryl methyl sites for hydroxylation is 1. The Hall–Kier alpha value is -3.21. The van der Waals surface area contributed by atoms with Crippen molar-refractivity contribution >= 4 is 32.4 Å². The summed E-state index contributed by atoms with van der Waals surface area (Å²) in [5, 5.41) is 5.87. The molecular weight excluding hydrogens is 450 g/mol. The van der Waals surface area contributed by atoms with Crippen LogP contribution in [0.25, 0.3) is 32.4 Å². The van der Waals surface area contributed by atoms with Crippen molar-refractivity contribution in [3.63, 3.8) is 0 Å². The van der Waals surface area contributed by atoms with E-state index in [9.17, 15) is 0 Å². The second-order valence-corrected chi connectivity index (χ2v) is 8.74. The highest BCUT2D eigenvalue weighted by Gasteiger charge is 2.25. The molecule has 0 saturated carbocycles. The Morgan fingerprint density at radius 1 is 0.639 bits per heavy atom. The number of pyridine rings is 1. The van der Waals surface area contributed by atoms with Gasteiger partial charge in [0.2, 0.25) is 19.1 Å². The Labute approximate surface area is 214 Å². The van der Waals surface area contributed by atoms with Gasteiger partial charge in [-0.25, -0.2) is 0 Å². The summed E-state index contributed by atoms with van der Waals surface area (Å²) in [5.41, 5.74) is 1.24. The highest BCUT2D eigenvalue weighted by molar-refractivity contribution is 6.15. The van der Waals surface area contributed by atoms with E-state index in [0.29, 0.717) is 0 Å². The molecule has 1 aromatic heterocycles. The largest absolute Gasteiger partial charge is 0.454 e. The molecule has 5 nitrogen and oxygen atoms in total. The van der Waals surface area contributed by atoms with E-state index in [1.54, 1.807) is 0 Å². The third-order valence-electron chi connectivity index (χ3n) is 6.68. The van der Waals surface area contributed by atoms with Crippen molar-refractivity contribution in [3.05, 3.63) is 42.6 Å². The Kier molecular flexibility index (Phi) is 8.74. The SMILES string of the molecule is CC.CC.CCCCCCCC[n+]1cc2c3c(ccc2c2ccc4cc5c(cc4c21)OCO5)OCO3. The molecule has 0 saturated heterocycles. The van der Waals surface area contributed by atoms with E-state index in [-0.39, 0.29) is 13.6 Å². The van der Waals surface area contributed by atoms with Gasteiger partial charge in [-0.15, -0.1) is 0 Å². The first-order valence-corrected chi connectivity index (χ1v) is 13.7. The van der Waals surface area contributed by atoms with Gasteiger partial charge in [0.15, 0.2) is 29.2 Å². The van der Waals surface area contributed by atoms with Crippen LogP contribution in [0, 0.1) is 0 Å². The number of hydrogen-bond donors (Lipinski definition) is 0. The summed E-state index contributed by atoms with van der Waals surface area (Å²) in [5.74, 6) is 3.32. The van der Waals surface area contributed by atoms with Crippen LogP contribution in [-0.4, -0.2) is 13.6 Å². The van der Waals surface area contributed by atoms with Crippen LogP contribution in [0.15, 0.2) is 42.6 Å². The summed E-state index contributed by atoms with van der Waals surface area (Å²) >= 11 is 0. The third-order valence-corrected chi connectivity index (χ3v) is 6.68. The predicted molar refractivity (Wildman–Crippen MR) is 147 cm³/mol. The molecule has 0 aliphatic carbocycles. The molecule has 5 heteroatoms. The van der Waals surface area contributed by atoms with Crippen LogP contribution in [0.1, 0.15) is 73.1 Å². The van der Waals surface area contributed by atoms with Gasteiger partial charge in [0.1, 0.15) is 6.54 Å². The first kappa shape index (κ1) is 25.9. The number of aromatic nitrogens is 1. The normalized spacial score (nSPS) is 12.9. The molecule has 3 aromatic carbocycles. The van der Waals surface area contributed by atoms with Gasteiger partial charge in [-0.3, -0.25) is 0 Å². The van der Waals surface area contributed by atoms with Crippen molar-refractivity contribution in [1.29, 1.82) is 0 Å². The Bertz CT molecular complexity index is 1330. The van der Waals surface area contributed by atoms with Gasteiger partial charge >= 0.3 is 0 Å².